The second-order valence-corrected chi connectivity index (χ2v) is 6.15. The Morgan fingerprint density at radius 3 is 2.44 bits per heavy atom. The average Bonchev–Trinajstić information content (AvgIpc) is 2.54. The molecule has 0 aromatic carbocycles. The van der Waals surface area contributed by atoms with Gasteiger partial charge in [-0.05, 0) is 33.6 Å². The molecule has 0 atom stereocenters. The van der Waals surface area contributed by atoms with Crippen molar-refractivity contribution in [1.82, 2.24) is 4.90 Å². The highest BCUT2D eigenvalue weighted by atomic mass is 16.6. The zero-order valence-electron chi connectivity index (χ0n) is 11.4. The molecule has 0 bridgehead atoms. The fourth-order valence-electron chi connectivity index (χ4n) is 2.73. The monoisotopic (exact) mass is 251 g/mol. The van der Waals surface area contributed by atoms with E-state index >= 15 is 0 Å². The molecule has 0 saturated heterocycles. The van der Waals surface area contributed by atoms with Crippen LogP contribution < -0.4 is 0 Å². The zero-order chi connectivity index (χ0) is 13.4. The first kappa shape index (κ1) is 13.1. The molecule has 1 spiro atoms. The number of imide groups is 1. The molecule has 1 aliphatic carbocycles. The van der Waals surface area contributed by atoms with E-state index in [2.05, 4.69) is 0 Å². The number of ether oxygens (including phenoxy) is 1. The Balaban J connectivity index is 2.19. The van der Waals surface area contributed by atoms with Crippen LogP contribution in [0.4, 0.5) is 4.79 Å². The van der Waals surface area contributed by atoms with E-state index in [-0.39, 0.29) is 5.91 Å². The van der Waals surface area contributed by atoms with Gasteiger partial charge in [0.05, 0.1) is 5.54 Å². The lowest BCUT2D eigenvalue weighted by molar-refractivity contribution is -0.128. The fraction of sp³-hybridized carbons (Fsp3) is 0.714. The molecule has 0 unspecified atom stereocenters. The molecule has 4 nitrogen and oxygen atoms in total. The van der Waals surface area contributed by atoms with Crippen LogP contribution in [0.5, 0.6) is 0 Å². The van der Waals surface area contributed by atoms with E-state index in [9.17, 15) is 9.59 Å². The maximum absolute atomic E-state index is 12.2. The van der Waals surface area contributed by atoms with Crippen LogP contribution in [0.25, 0.3) is 0 Å². The summed E-state index contributed by atoms with van der Waals surface area (Å²) in [4.78, 5) is 25.4. The molecule has 0 radical (unpaired) electrons. The van der Waals surface area contributed by atoms with Crippen molar-refractivity contribution < 1.29 is 14.3 Å². The van der Waals surface area contributed by atoms with Gasteiger partial charge in [0.2, 0.25) is 0 Å². The van der Waals surface area contributed by atoms with Crippen molar-refractivity contribution in [2.24, 2.45) is 0 Å². The predicted molar refractivity (Wildman–Crippen MR) is 68.0 cm³/mol. The molecule has 2 aliphatic rings. The maximum Gasteiger partial charge on any atom is 0.418 e. The van der Waals surface area contributed by atoms with E-state index in [1.807, 2.05) is 26.8 Å². The third-order valence-corrected chi connectivity index (χ3v) is 3.50. The largest absolute Gasteiger partial charge is 0.443 e. The molecule has 2 amide bonds. The van der Waals surface area contributed by atoms with Gasteiger partial charge >= 0.3 is 6.09 Å². The van der Waals surface area contributed by atoms with Crippen molar-refractivity contribution in [2.75, 3.05) is 0 Å². The normalized spacial score (nSPS) is 22.6. The van der Waals surface area contributed by atoms with Crippen molar-refractivity contribution in [3.63, 3.8) is 0 Å². The summed E-state index contributed by atoms with van der Waals surface area (Å²) in [6, 6.07) is 0. The van der Waals surface area contributed by atoms with Crippen LogP contribution in [-0.4, -0.2) is 28.0 Å². The Morgan fingerprint density at radius 2 is 1.89 bits per heavy atom. The zero-order valence-corrected chi connectivity index (χ0v) is 11.4. The number of carbonyl (C=O) groups excluding carboxylic acids is 2. The number of carbonyl (C=O) groups is 2. The number of rotatable bonds is 0. The molecule has 4 heteroatoms. The number of hydrogen-bond donors (Lipinski definition) is 0. The van der Waals surface area contributed by atoms with Crippen LogP contribution in [0, 0.1) is 0 Å². The standard InChI is InChI=1S/C14H21NO3/c1-13(2,3)18-12(17)15-11(16)7-10-14(15)8-5-4-6-9-14/h7,10H,4-6,8-9H2,1-3H3. The van der Waals surface area contributed by atoms with Gasteiger partial charge in [0.1, 0.15) is 5.60 Å². The van der Waals surface area contributed by atoms with E-state index in [4.69, 9.17) is 4.74 Å². The Hall–Kier alpha value is -1.32. The first-order chi connectivity index (χ1) is 8.34. The van der Waals surface area contributed by atoms with Gasteiger partial charge in [-0.3, -0.25) is 4.79 Å². The smallest absolute Gasteiger partial charge is 0.418 e. The average molecular weight is 251 g/mol. The molecule has 0 aromatic heterocycles. The number of hydrogen-bond acceptors (Lipinski definition) is 3. The molecule has 2 rings (SSSR count). The first-order valence-electron chi connectivity index (χ1n) is 6.61. The summed E-state index contributed by atoms with van der Waals surface area (Å²) in [5.41, 5.74) is -0.993. The van der Waals surface area contributed by atoms with E-state index in [1.54, 1.807) is 0 Å². The van der Waals surface area contributed by atoms with E-state index in [0.717, 1.165) is 25.7 Å². The highest BCUT2D eigenvalue weighted by Gasteiger charge is 2.47. The topological polar surface area (TPSA) is 46.6 Å². The number of nitrogens with zero attached hydrogens (tertiary/aromatic N) is 1. The van der Waals surface area contributed by atoms with Crippen molar-refractivity contribution in [1.29, 1.82) is 0 Å². The van der Waals surface area contributed by atoms with Gasteiger partial charge in [-0.2, -0.15) is 0 Å². The molecule has 1 aliphatic heterocycles. The second-order valence-electron chi connectivity index (χ2n) is 6.15. The Kier molecular flexibility index (Phi) is 3.21. The van der Waals surface area contributed by atoms with Gasteiger partial charge in [0.15, 0.2) is 0 Å². The third-order valence-electron chi connectivity index (χ3n) is 3.50. The van der Waals surface area contributed by atoms with Crippen LogP contribution in [0.2, 0.25) is 0 Å². The van der Waals surface area contributed by atoms with Crippen LogP contribution in [0.3, 0.4) is 0 Å². The van der Waals surface area contributed by atoms with Crippen LogP contribution in [0.15, 0.2) is 12.2 Å². The van der Waals surface area contributed by atoms with Crippen molar-refractivity contribution >= 4 is 12.0 Å². The van der Waals surface area contributed by atoms with Crippen molar-refractivity contribution in [2.45, 2.75) is 64.0 Å². The third kappa shape index (κ3) is 2.42. The first-order valence-corrected chi connectivity index (χ1v) is 6.61. The SMILES string of the molecule is CC(C)(C)OC(=O)N1C(=O)C=CC12CCCCC2. The van der Waals surface area contributed by atoms with Gasteiger partial charge in [-0.1, -0.05) is 25.3 Å². The molecular weight excluding hydrogens is 230 g/mol. The quantitative estimate of drug-likeness (QED) is 0.665. The molecule has 1 fully saturated rings. The summed E-state index contributed by atoms with van der Waals surface area (Å²) in [5, 5.41) is 0. The van der Waals surface area contributed by atoms with Gasteiger partial charge in [-0.15, -0.1) is 0 Å². The van der Waals surface area contributed by atoms with Gasteiger partial charge < -0.3 is 4.74 Å². The molecule has 0 N–H and O–H groups in total. The summed E-state index contributed by atoms with van der Waals surface area (Å²) in [5.74, 6) is -0.244. The Morgan fingerprint density at radius 1 is 1.28 bits per heavy atom. The summed E-state index contributed by atoms with van der Waals surface area (Å²) in [6.07, 6.45) is 7.87. The van der Waals surface area contributed by atoms with E-state index in [1.165, 1.54) is 17.4 Å². The summed E-state index contributed by atoms with van der Waals surface area (Å²) in [6.45, 7) is 5.44. The fourth-order valence-corrected chi connectivity index (χ4v) is 2.73. The van der Waals surface area contributed by atoms with Crippen molar-refractivity contribution in [3.05, 3.63) is 12.2 Å². The highest BCUT2D eigenvalue weighted by molar-refractivity contribution is 6.02. The lowest BCUT2D eigenvalue weighted by Gasteiger charge is -2.39. The lowest BCUT2D eigenvalue weighted by atomic mass is 9.82. The summed E-state index contributed by atoms with van der Waals surface area (Å²) < 4.78 is 5.35. The Labute approximate surface area is 108 Å². The van der Waals surface area contributed by atoms with Gasteiger partial charge in [-0.25, -0.2) is 9.69 Å². The molecule has 0 aromatic rings. The van der Waals surface area contributed by atoms with Crippen molar-refractivity contribution in [3.8, 4) is 0 Å². The molecular formula is C14H21NO3. The minimum absolute atomic E-state index is 0.244. The van der Waals surface area contributed by atoms with Gasteiger partial charge in [0.25, 0.3) is 5.91 Å². The minimum Gasteiger partial charge on any atom is -0.443 e. The minimum atomic E-state index is -0.574. The lowest BCUT2D eigenvalue weighted by Crippen LogP contribution is -2.52. The predicted octanol–water partition coefficient (Wildman–Crippen LogP) is 3.02. The molecule has 1 heterocycles. The van der Waals surface area contributed by atoms with E-state index < -0.39 is 17.2 Å². The van der Waals surface area contributed by atoms with E-state index in [0.29, 0.717) is 0 Å². The van der Waals surface area contributed by atoms with Crippen LogP contribution >= 0.6 is 0 Å². The second kappa shape index (κ2) is 4.41. The molecule has 1 saturated carbocycles. The molecule has 100 valence electrons. The highest BCUT2D eigenvalue weighted by Crippen LogP contribution is 2.39. The molecule has 18 heavy (non-hydrogen) atoms. The number of amides is 2. The van der Waals surface area contributed by atoms with Crippen LogP contribution in [-0.2, 0) is 9.53 Å². The van der Waals surface area contributed by atoms with Gasteiger partial charge in [0, 0.05) is 6.08 Å². The maximum atomic E-state index is 12.2. The summed E-state index contributed by atoms with van der Waals surface area (Å²) in [7, 11) is 0. The Bertz CT molecular complexity index is 386. The summed E-state index contributed by atoms with van der Waals surface area (Å²) >= 11 is 0. The van der Waals surface area contributed by atoms with Crippen LogP contribution in [0.1, 0.15) is 52.9 Å².